The molecule has 196 valence electrons. The Morgan fingerprint density at radius 3 is 2.03 bits per heavy atom. The minimum Gasteiger partial charge on any atom is -0.481 e. The second-order valence-electron chi connectivity index (χ2n) is 7.34. The van der Waals surface area contributed by atoms with E-state index < -0.39 is 12.0 Å². The zero-order chi connectivity index (χ0) is 26.4. The number of nitrogens with two attached hydrogens (primary N) is 1. The van der Waals surface area contributed by atoms with Crippen molar-refractivity contribution in [3.63, 3.8) is 0 Å². The normalized spacial score (nSPS) is 15.8. The van der Waals surface area contributed by atoms with Crippen molar-refractivity contribution in [2.45, 2.75) is 66.0 Å². The predicted molar refractivity (Wildman–Crippen MR) is 128 cm³/mol. The molecule has 0 radical (unpaired) electrons. The number of likely N-dealkylation sites (N-methyl/N-ethyl adjacent to an activating group) is 2. The summed E-state index contributed by atoms with van der Waals surface area (Å²) in [6.07, 6.45) is 1.92. The van der Waals surface area contributed by atoms with Crippen LogP contribution in [0.4, 0.5) is 0 Å². The van der Waals surface area contributed by atoms with Gasteiger partial charge in [-0.2, -0.15) is 0 Å². The highest BCUT2D eigenvalue weighted by Gasteiger charge is 2.22. The van der Waals surface area contributed by atoms with Gasteiger partial charge in [-0.3, -0.25) is 19.2 Å². The van der Waals surface area contributed by atoms with E-state index in [1.54, 1.807) is 14.1 Å². The number of amides is 2. The first-order chi connectivity index (χ1) is 15.5. The molecule has 0 aromatic heterocycles. The first kappa shape index (κ1) is 35.4. The summed E-state index contributed by atoms with van der Waals surface area (Å²) in [6.45, 7) is 10.7. The summed E-state index contributed by atoms with van der Waals surface area (Å²) in [6, 6.07) is -0.942. The maximum absolute atomic E-state index is 11.7. The van der Waals surface area contributed by atoms with Gasteiger partial charge in [-0.1, -0.05) is 27.7 Å². The average Bonchev–Trinajstić information content (AvgIpc) is 3.32. The van der Waals surface area contributed by atoms with Gasteiger partial charge in [0.1, 0.15) is 6.04 Å². The molecule has 6 N–H and O–H groups in total. The number of carbonyl (C=O) groups excluding carboxylic acids is 3. The fourth-order valence-electron chi connectivity index (χ4n) is 2.45. The lowest BCUT2D eigenvalue weighted by atomic mass is 10.0. The zero-order valence-electron chi connectivity index (χ0n) is 21.5. The van der Waals surface area contributed by atoms with E-state index in [0.717, 1.165) is 26.4 Å². The third kappa shape index (κ3) is 21.4. The number of hydrogen-bond donors (Lipinski definition) is 5. The summed E-state index contributed by atoms with van der Waals surface area (Å²) in [5.41, 5.74) is 5.58. The van der Waals surface area contributed by atoms with Crippen molar-refractivity contribution >= 4 is 23.8 Å². The van der Waals surface area contributed by atoms with Crippen molar-refractivity contribution in [1.29, 1.82) is 0 Å². The molecule has 0 spiro atoms. The number of rotatable bonds is 9. The molecule has 1 aliphatic rings. The van der Waals surface area contributed by atoms with Gasteiger partial charge in [-0.15, -0.1) is 0 Å². The van der Waals surface area contributed by atoms with Crippen LogP contribution in [-0.2, 0) is 28.7 Å². The number of nitrogens with one attached hydrogen (secondary N) is 3. The monoisotopic (exact) mass is 478 g/mol. The van der Waals surface area contributed by atoms with Crippen molar-refractivity contribution in [2.24, 2.45) is 17.6 Å². The van der Waals surface area contributed by atoms with E-state index in [1.165, 1.54) is 7.05 Å². The first-order valence-corrected chi connectivity index (χ1v) is 11.3. The van der Waals surface area contributed by atoms with Gasteiger partial charge >= 0.3 is 5.97 Å². The van der Waals surface area contributed by atoms with Crippen LogP contribution in [0.3, 0.4) is 0 Å². The molecule has 0 unspecified atom stereocenters. The number of carboxylic acid groups (broad SMARTS) is 1. The maximum Gasteiger partial charge on any atom is 0.323 e. The lowest BCUT2D eigenvalue weighted by Crippen LogP contribution is -2.41. The Bertz CT molecular complexity index is 535. The molecule has 1 saturated heterocycles. The molecule has 0 aliphatic carbocycles. The standard InChI is InChI=1S/C12H25N3O3.C6H11NO2.C2H4O2.C2H6/c1-8(2)7-10(14-3)12(17)18-6-5-9(13)11(16)15-4;1-7-6(8)5-2-3-9-4-5;1-2(3)4;1-2/h8-10,14H,5-7,13H2,1-4H3,(H,15,16);5H,2-4H2,1H3,(H,7,8);1H3,(H,3,4);1-2H3/t9-,10-;5-;;/m01../s1. The van der Waals surface area contributed by atoms with E-state index in [0.29, 0.717) is 18.9 Å². The lowest BCUT2D eigenvalue weighted by Gasteiger charge is -2.17. The van der Waals surface area contributed by atoms with E-state index in [1.807, 2.05) is 27.7 Å². The van der Waals surface area contributed by atoms with Crippen LogP contribution >= 0.6 is 0 Å². The van der Waals surface area contributed by atoms with Crippen molar-refractivity contribution in [3.8, 4) is 0 Å². The summed E-state index contributed by atoms with van der Waals surface area (Å²) in [7, 11) is 4.90. The van der Waals surface area contributed by atoms with Gasteiger partial charge in [0.15, 0.2) is 0 Å². The van der Waals surface area contributed by atoms with Crippen LogP contribution in [0, 0.1) is 11.8 Å². The highest BCUT2D eigenvalue weighted by atomic mass is 16.5. The first-order valence-electron chi connectivity index (χ1n) is 11.3. The van der Waals surface area contributed by atoms with Gasteiger partial charge in [0.25, 0.3) is 5.97 Å². The minimum atomic E-state index is -0.833. The molecule has 1 fully saturated rings. The predicted octanol–water partition coefficient (Wildman–Crippen LogP) is 0.513. The molecule has 0 bridgehead atoms. The Labute approximate surface area is 198 Å². The summed E-state index contributed by atoms with van der Waals surface area (Å²) < 4.78 is 10.1. The van der Waals surface area contributed by atoms with Crippen molar-refractivity contribution < 1.29 is 33.8 Å². The van der Waals surface area contributed by atoms with E-state index in [-0.39, 0.29) is 36.4 Å². The van der Waals surface area contributed by atoms with E-state index >= 15 is 0 Å². The Morgan fingerprint density at radius 1 is 1.12 bits per heavy atom. The van der Waals surface area contributed by atoms with Gasteiger partial charge in [0.2, 0.25) is 11.8 Å². The number of ether oxygens (including phenoxy) is 2. The van der Waals surface area contributed by atoms with E-state index in [2.05, 4.69) is 16.0 Å². The Morgan fingerprint density at radius 2 is 1.67 bits per heavy atom. The van der Waals surface area contributed by atoms with Gasteiger partial charge in [0, 0.05) is 34.0 Å². The lowest BCUT2D eigenvalue weighted by molar-refractivity contribution is -0.147. The molecule has 0 aromatic carbocycles. The van der Waals surface area contributed by atoms with Crippen LogP contribution in [-0.4, -0.2) is 81.9 Å². The van der Waals surface area contributed by atoms with Gasteiger partial charge < -0.3 is 36.3 Å². The number of carboxylic acids is 1. The van der Waals surface area contributed by atoms with Crippen LogP contribution in [0.15, 0.2) is 0 Å². The number of esters is 1. The third-order valence-corrected chi connectivity index (χ3v) is 4.14. The summed E-state index contributed by atoms with van der Waals surface area (Å²) in [5.74, 6) is -0.765. The fourth-order valence-corrected chi connectivity index (χ4v) is 2.45. The number of carbonyl (C=O) groups is 4. The molecule has 1 aliphatic heterocycles. The van der Waals surface area contributed by atoms with Crippen LogP contribution in [0.5, 0.6) is 0 Å². The molecule has 1 heterocycles. The molecule has 2 amide bonds. The van der Waals surface area contributed by atoms with E-state index in [4.69, 9.17) is 25.1 Å². The quantitative estimate of drug-likeness (QED) is 0.296. The number of hydrogen-bond acceptors (Lipinski definition) is 8. The van der Waals surface area contributed by atoms with Gasteiger partial charge in [-0.25, -0.2) is 0 Å². The molecule has 1 rings (SSSR count). The van der Waals surface area contributed by atoms with Gasteiger partial charge in [0.05, 0.1) is 25.2 Å². The Kier molecular flexibility index (Phi) is 24.6. The zero-order valence-corrected chi connectivity index (χ0v) is 21.5. The fraction of sp³-hybridized carbons (Fsp3) is 0.818. The molecule has 0 saturated carbocycles. The van der Waals surface area contributed by atoms with Crippen LogP contribution < -0.4 is 21.7 Å². The summed E-state index contributed by atoms with van der Waals surface area (Å²) in [5, 5.41) is 15.4. The molecule has 3 atom stereocenters. The molecular weight excluding hydrogens is 432 g/mol. The highest BCUT2D eigenvalue weighted by molar-refractivity contribution is 5.81. The Hall–Kier alpha value is -2.24. The summed E-state index contributed by atoms with van der Waals surface area (Å²) >= 11 is 0. The molecule has 11 nitrogen and oxygen atoms in total. The highest BCUT2D eigenvalue weighted by Crippen LogP contribution is 2.11. The molecular formula is C22H46N4O7. The molecule has 0 aromatic rings. The molecule has 11 heteroatoms. The smallest absolute Gasteiger partial charge is 0.323 e. The van der Waals surface area contributed by atoms with Crippen molar-refractivity contribution in [3.05, 3.63) is 0 Å². The second kappa shape index (κ2) is 22.9. The summed E-state index contributed by atoms with van der Waals surface area (Å²) in [4.78, 5) is 42.7. The minimum absolute atomic E-state index is 0.104. The SMILES string of the molecule is CC.CC(=O)O.CNC(=O)[C@@H](N)CCOC(=O)[C@H](CC(C)C)NC.CNC(=O)[C@@H]1CCOC1. The molecule has 33 heavy (non-hydrogen) atoms. The van der Waals surface area contributed by atoms with Crippen LogP contribution in [0.2, 0.25) is 0 Å². The van der Waals surface area contributed by atoms with Crippen molar-refractivity contribution in [2.75, 3.05) is 41.0 Å². The topological polar surface area (TPSA) is 169 Å². The average molecular weight is 479 g/mol. The van der Waals surface area contributed by atoms with Crippen LogP contribution in [0.1, 0.15) is 53.9 Å². The van der Waals surface area contributed by atoms with Gasteiger partial charge in [-0.05, 0) is 25.8 Å². The Balaban J connectivity index is -0.000000493. The van der Waals surface area contributed by atoms with Crippen molar-refractivity contribution in [1.82, 2.24) is 16.0 Å². The second-order valence-corrected chi connectivity index (χ2v) is 7.34. The largest absolute Gasteiger partial charge is 0.481 e. The number of aliphatic carboxylic acids is 1. The maximum atomic E-state index is 11.7. The van der Waals surface area contributed by atoms with E-state index in [9.17, 15) is 14.4 Å². The van der Waals surface area contributed by atoms with Crippen LogP contribution in [0.25, 0.3) is 0 Å². The third-order valence-electron chi connectivity index (χ3n) is 4.14.